The lowest BCUT2D eigenvalue weighted by molar-refractivity contribution is -0.380. The van der Waals surface area contributed by atoms with E-state index in [2.05, 4.69) is 0 Å². The van der Waals surface area contributed by atoms with Crippen molar-refractivity contribution < 1.29 is 9.72 Å². The SMILES string of the molecule is O=C(c1ccc([N+](=O)[O-])s1)N1CCc2sccc2C1. The smallest absolute Gasteiger partial charge is 0.324 e. The third kappa shape index (κ3) is 2.26. The quantitative estimate of drug-likeness (QED) is 0.632. The maximum absolute atomic E-state index is 12.3. The van der Waals surface area contributed by atoms with Crippen LogP contribution in [-0.2, 0) is 13.0 Å². The Hall–Kier alpha value is -1.73. The lowest BCUT2D eigenvalue weighted by atomic mass is 10.1. The number of nitrogens with zero attached hydrogens (tertiary/aromatic N) is 2. The Morgan fingerprint density at radius 2 is 2.21 bits per heavy atom. The van der Waals surface area contributed by atoms with Crippen LogP contribution in [0.1, 0.15) is 20.1 Å². The Morgan fingerprint density at radius 3 is 2.95 bits per heavy atom. The zero-order valence-corrected chi connectivity index (χ0v) is 11.5. The fraction of sp³-hybridized carbons (Fsp3) is 0.250. The molecule has 1 amide bonds. The van der Waals surface area contributed by atoms with Crippen molar-refractivity contribution in [3.05, 3.63) is 49.0 Å². The molecule has 0 fully saturated rings. The zero-order chi connectivity index (χ0) is 13.4. The first-order valence-corrected chi connectivity index (χ1v) is 7.43. The first-order chi connectivity index (χ1) is 9.15. The monoisotopic (exact) mass is 294 g/mol. The molecule has 3 rings (SSSR count). The third-order valence-corrected chi connectivity index (χ3v) is 5.13. The minimum Gasteiger partial charge on any atom is -0.333 e. The molecule has 0 bridgehead atoms. The van der Waals surface area contributed by atoms with Crippen molar-refractivity contribution in [2.24, 2.45) is 0 Å². The molecule has 1 aliphatic rings. The van der Waals surface area contributed by atoms with Gasteiger partial charge in [0.2, 0.25) is 0 Å². The molecule has 0 saturated heterocycles. The van der Waals surface area contributed by atoms with Gasteiger partial charge in [-0.2, -0.15) is 0 Å². The van der Waals surface area contributed by atoms with Crippen LogP contribution < -0.4 is 0 Å². The molecule has 0 atom stereocenters. The number of fused-ring (bicyclic) bond motifs is 1. The molecule has 0 unspecified atom stereocenters. The Kier molecular flexibility index (Phi) is 3.08. The summed E-state index contributed by atoms with van der Waals surface area (Å²) in [7, 11) is 0. The summed E-state index contributed by atoms with van der Waals surface area (Å²) < 4.78 is 0. The largest absolute Gasteiger partial charge is 0.333 e. The normalized spacial score (nSPS) is 14.2. The highest BCUT2D eigenvalue weighted by Gasteiger charge is 2.24. The molecular weight excluding hydrogens is 284 g/mol. The molecule has 3 heterocycles. The van der Waals surface area contributed by atoms with E-state index in [1.54, 1.807) is 16.2 Å². The summed E-state index contributed by atoms with van der Waals surface area (Å²) >= 11 is 2.66. The second-order valence-electron chi connectivity index (χ2n) is 4.24. The van der Waals surface area contributed by atoms with Gasteiger partial charge in [-0.1, -0.05) is 11.3 Å². The molecule has 7 heteroatoms. The van der Waals surface area contributed by atoms with Gasteiger partial charge in [0.1, 0.15) is 0 Å². The lowest BCUT2D eigenvalue weighted by Gasteiger charge is -2.26. The highest BCUT2D eigenvalue weighted by atomic mass is 32.1. The molecule has 0 N–H and O–H groups in total. The Bertz CT molecular complexity index is 647. The number of amides is 1. The van der Waals surface area contributed by atoms with Crippen molar-refractivity contribution in [1.82, 2.24) is 4.90 Å². The van der Waals surface area contributed by atoms with Gasteiger partial charge in [0.15, 0.2) is 0 Å². The van der Waals surface area contributed by atoms with Crippen molar-refractivity contribution in [3.63, 3.8) is 0 Å². The standard InChI is InChI=1S/C12H10N2O3S2/c15-12(10-1-2-11(19-10)14(16)17)13-5-3-9-8(7-13)4-6-18-9/h1-2,4,6H,3,5,7H2. The van der Waals surface area contributed by atoms with Crippen molar-refractivity contribution in [2.45, 2.75) is 13.0 Å². The molecule has 5 nitrogen and oxygen atoms in total. The second kappa shape index (κ2) is 4.75. The topological polar surface area (TPSA) is 63.4 Å². The van der Waals surface area contributed by atoms with Gasteiger partial charge in [0, 0.05) is 24.0 Å². The summed E-state index contributed by atoms with van der Waals surface area (Å²) in [6.45, 7) is 1.28. The number of thiophene rings is 2. The van der Waals surface area contributed by atoms with Crippen LogP contribution in [0.15, 0.2) is 23.6 Å². The molecule has 2 aromatic heterocycles. The predicted molar refractivity (Wildman–Crippen MR) is 73.7 cm³/mol. The number of carbonyl (C=O) groups excluding carboxylic acids is 1. The summed E-state index contributed by atoms with van der Waals surface area (Å²) in [5, 5.41) is 12.7. The number of carbonyl (C=O) groups is 1. The molecule has 0 saturated carbocycles. The van der Waals surface area contributed by atoms with Crippen LogP contribution in [0.5, 0.6) is 0 Å². The van der Waals surface area contributed by atoms with Crippen LogP contribution in [0.25, 0.3) is 0 Å². The summed E-state index contributed by atoms with van der Waals surface area (Å²) in [5.74, 6) is -0.116. The summed E-state index contributed by atoms with van der Waals surface area (Å²) in [4.78, 5) is 26.0. The van der Waals surface area contributed by atoms with Crippen LogP contribution in [0.4, 0.5) is 5.00 Å². The molecule has 0 spiro atoms. The Balaban J connectivity index is 1.79. The molecule has 0 radical (unpaired) electrons. The van der Waals surface area contributed by atoms with Crippen LogP contribution in [0.3, 0.4) is 0 Å². The van der Waals surface area contributed by atoms with Crippen molar-refractivity contribution >= 4 is 33.6 Å². The fourth-order valence-corrected chi connectivity index (χ4v) is 3.80. The summed E-state index contributed by atoms with van der Waals surface area (Å²) in [6, 6.07) is 4.96. The first-order valence-electron chi connectivity index (χ1n) is 5.74. The van der Waals surface area contributed by atoms with Gasteiger partial charge in [0.25, 0.3) is 5.91 Å². The van der Waals surface area contributed by atoms with Gasteiger partial charge in [0.05, 0.1) is 9.80 Å². The minimum absolute atomic E-state index is 0.0107. The highest BCUT2D eigenvalue weighted by Crippen LogP contribution is 2.28. The van der Waals surface area contributed by atoms with Crippen molar-refractivity contribution in [1.29, 1.82) is 0 Å². The maximum atomic E-state index is 12.3. The molecule has 0 aromatic carbocycles. The number of nitro groups is 1. The number of hydrogen-bond acceptors (Lipinski definition) is 5. The van der Waals surface area contributed by atoms with Gasteiger partial charge in [-0.25, -0.2) is 0 Å². The zero-order valence-electron chi connectivity index (χ0n) is 9.87. The van der Waals surface area contributed by atoms with E-state index >= 15 is 0 Å². The molecule has 0 aliphatic carbocycles. The first kappa shape index (κ1) is 12.3. The number of rotatable bonds is 2. The highest BCUT2D eigenvalue weighted by molar-refractivity contribution is 7.17. The van der Waals surface area contributed by atoms with E-state index in [4.69, 9.17) is 0 Å². The van der Waals surface area contributed by atoms with Gasteiger partial charge >= 0.3 is 5.00 Å². The summed E-state index contributed by atoms with van der Waals surface area (Å²) in [5.41, 5.74) is 1.19. The van der Waals surface area contributed by atoms with E-state index in [1.165, 1.54) is 22.6 Å². The molecule has 19 heavy (non-hydrogen) atoms. The fourth-order valence-electron chi connectivity index (χ4n) is 2.12. The Labute approximate surface area is 117 Å². The van der Waals surface area contributed by atoms with E-state index < -0.39 is 4.92 Å². The molecular formula is C12H10N2O3S2. The van der Waals surface area contributed by atoms with Gasteiger partial charge in [-0.05, 0) is 29.5 Å². The molecule has 2 aromatic rings. The van der Waals surface area contributed by atoms with Crippen molar-refractivity contribution in [2.75, 3.05) is 6.54 Å². The van der Waals surface area contributed by atoms with Crippen LogP contribution in [-0.4, -0.2) is 22.3 Å². The third-order valence-electron chi connectivity index (χ3n) is 3.08. The predicted octanol–water partition coefficient (Wildman–Crippen LogP) is 2.92. The van der Waals surface area contributed by atoms with Gasteiger partial charge in [-0.15, -0.1) is 11.3 Å². The number of hydrogen-bond donors (Lipinski definition) is 0. The average molecular weight is 294 g/mol. The van der Waals surface area contributed by atoms with Gasteiger partial charge < -0.3 is 4.90 Å². The summed E-state index contributed by atoms with van der Waals surface area (Å²) in [6.07, 6.45) is 0.867. The lowest BCUT2D eigenvalue weighted by Crippen LogP contribution is -2.34. The maximum Gasteiger partial charge on any atom is 0.324 e. The van der Waals surface area contributed by atoms with Crippen LogP contribution >= 0.6 is 22.7 Å². The van der Waals surface area contributed by atoms with Gasteiger partial charge in [-0.3, -0.25) is 14.9 Å². The average Bonchev–Trinajstić information content (AvgIpc) is 3.06. The second-order valence-corrected chi connectivity index (χ2v) is 6.30. The van der Waals surface area contributed by atoms with E-state index in [-0.39, 0.29) is 10.9 Å². The van der Waals surface area contributed by atoms with Crippen LogP contribution in [0, 0.1) is 10.1 Å². The van der Waals surface area contributed by atoms with E-state index in [9.17, 15) is 14.9 Å². The van der Waals surface area contributed by atoms with Crippen molar-refractivity contribution in [3.8, 4) is 0 Å². The molecule has 98 valence electrons. The molecule has 1 aliphatic heterocycles. The minimum atomic E-state index is -0.464. The van der Waals surface area contributed by atoms with E-state index in [1.807, 2.05) is 11.4 Å². The van der Waals surface area contributed by atoms with E-state index in [0.29, 0.717) is 18.0 Å². The van der Waals surface area contributed by atoms with E-state index in [0.717, 1.165) is 17.8 Å². The van der Waals surface area contributed by atoms with Crippen LogP contribution in [0.2, 0.25) is 0 Å². The Morgan fingerprint density at radius 1 is 1.37 bits per heavy atom.